The van der Waals surface area contributed by atoms with Crippen molar-refractivity contribution in [2.75, 3.05) is 12.8 Å². The molecule has 3 rings (SSSR count). The molecule has 1 aromatic heterocycles. The number of thiazole rings is 1. The molecule has 0 unspecified atom stereocenters. The molecule has 0 aliphatic carbocycles. The van der Waals surface area contributed by atoms with Crippen molar-refractivity contribution in [2.45, 2.75) is 6.61 Å². The zero-order valence-corrected chi connectivity index (χ0v) is 13.0. The number of methoxy groups -OCH3 is 1. The number of hydrogen-bond donors (Lipinski definition) is 1. The molecule has 0 aliphatic heterocycles. The lowest BCUT2D eigenvalue weighted by molar-refractivity contribution is 0.284. The summed E-state index contributed by atoms with van der Waals surface area (Å²) < 4.78 is 11.3. The molecular formula is C17H16N2O2S. The molecule has 0 spiro atoms. The zero-order chi connectivity index (χ0) is 15.4. The van der Waals surface area contributed by atoms with Gasteiger partial charge in [-0.15, -0.1) is 0 Å². The number of aromatic nitrogens is 1. The molecule has 0 aliphatic rings. The summed E-state index contributed by atoms with van der Waals surface area (Å²) in [7, 11) is 1.63. The van der Waals surface area contributed by atoms with Crippen LogP contribution < -0.4 is 15.2 Å². The summed E-state index contributed by atoms with van der Waals surface area (Å²) >= 11 is 1.45. The van der Waals surface area contributed by atoms with Crippen LogP contribution in [-0.4, -0.2) is 12.1 Å². The standard InChI is InChI=1S/C17H16N2O2S/c1-20-14-8-7-13(16-10-19-17(18)22-16)9-15(14)21-11-12-5-3-2-4-6-12/h2-10H,11H2,1H3,(H2,18,19). The van der Waals surface area contributed by atoms with Crippen LogP contribution in [-0.2, 0) is 6.61 Å². The highest BCUT2D eigenvalue weighted by Gasteiger charge is 2.09. The van der Waals surface area contributed by atoms with E-state index in [0.29, 0.717) is 23.2 Å². The van der Waals surface area contributed by atoms with Gasteiger partial charge in [-0.2, -0.15) is 0 Å². The van der Waals surface area contributed by atoms with Crippen molar-refractivity contribution in [1.29, 1.82) is 0 Å². The molecule has 0 saturated heterocycles. The van der Waals surface area contributed by atoms with E-state index >= 15 is 0 Å². The monoisotopic (exact) mass is 312 g/mol. The topological polar surface area (TPSA) is 57.4 Å². The van der Waals surface area contributed by atoms with Gasteiger partial charge in [0.25, 0.3) is 0 Å². The Kier molecular flexibility index (Phi) is 4.25. The van der Waals surface area contributed by atoms with Crippen molar-refractivity contribution in [3.05, 3.63) is 60.3 Å². The van der Waals surface area contributed by atoms with E-state index in [1.54, 1.807) is 13.3 Å². The molecule has 0 fully saturated rings. The maximum absolute atomic E-state index is 5.91. The molecule has 112 valence electrons. The van der Waals surface area contributed by atoms with Gasteiger partial charge in [0.15, 0.2) is 16.6 Å². The highest BCUT2D eigenvalue weighted by Crippen LogP contribution is 2.35. The molecule has 0 radical (unpaired) electrons. The Morgan fingerprint density at radius 1 is 1.09 bits per heavy atom. The van der Waals surface area contributed by atoms with Crippen LogP contribution in [0.2, 0.25) is 0 Å². The predicted octanol–water partition coefficient (Wildman–Crippen LogP) is 3.98. The number of anilines is 1. The van der Waals surface area contributed by atoms with Crippen LogP contribution in [0.1, 0.15) is 5.56 Å². The second kappa shape index (κ2) is 6.49. The summed E-state index contributed by atoms with van der Waals surface area (Å²) in [5.74, 6) is 1.41. The Bertz CT molecular complexity index is 756. The molecule has 3 aromatic rings. The number of nitrogen functional groups attached to an aromatic ring is 1. The number of hydrogen-bond acceptors (Lipinski definition) is 5. The van der Waals surface area contributed by atoms with Crippen LogP contribution in [0.3, 0.4) is 0 Å². The quantitative estimate of drug-likeness (QED) is 0.774. The molecule has 22 heavy (non-hydrogen) atoms. The molecule has 2 N–H and O–H groups in total. The highest BCUT2D eigenvalue weighted by molar-refractivity contribution is 7.18. The van der Waals surface area contributed by atoms with Crippen molar-refractivity contribution in [1.82, 2.24) is 4.98 Å². The van der Waals surface area contributed by atoms with Gasteiger partial charge in [-0.05, 0) is 29.3 Å². The minimum absolute atomic E-state index is 0.492. The molecule has 0 bridgehead atoms. The average molecular weight is 312 g/mol. The van der Waals surface area contributed by atoms with Crippen LogP contribution in [0, 0.1) is 0 Å². The van der Waals surface area contributed by atoms with E-state index in [0.717, 1.165) is 16.0 Å². The van der Waals surface area contributed by atoms with E-state index in [-0.39, 0.29) is 0 Å². The lowest BCUT2D eigenvalue weighted by Crippen LogP contribution is -1.97. The lowest BCUT2D eigenvalue weighted by atomic mass is 10.2. The van der Waals surface area contributed by atoms with Gasteiger partial charge in [-0.3, -0.25) is 0 Å². The first-order valence-electron chi connectivity index (χ1n) is 6.82. The molecule has 4 nitrogen and oxygen atoms in total. The third-order valence-electron chi connectivity index (χ3n) is 3.21. The number of ether oxygens (including phenoxy) is 2. The minimum Gasteiger partial charge on any atom is -0.493 e. The zero-order valence-electron chi connectivity index (χ0n) is 12.2. The lowest BCUT2D eigenvalue weighted by Gasteiger charge is -2.12. The molecular weight excluding hydrogens is 296 g/mol. The Balaban J connectivity index is 1.85. The number of rotatable bonds is 5. The summed E-state index contributed by atoms with van der Waals surface area (Å²) in [5, 5.41) is 0.553. The van der Waals surface area contributed by atoms with Crippen LogP contribution >= 0.6 is 11.3 Å². The van der Waals surface area contributed by atoms with E-state index in [9.17, 15) is 0 Å². The Morgan fingerprint density at radius 2 is 1.91 bits per heavy atom. The summed E-state index contributed by atoms with van der Waals surface area (Å²) in [5.41, 5.74) is 7.82. The highest BCUT2D eigenvalue weighted by atomic mass is 32.1. The molecule has 0 amide bonds. The summed E-state index contributed by atoms with van der Waals surface area (Å²) in [6.45, 7) is 0.492. The van der Waals surface area contributed by atoms with Crippen molar-refractivity contribution in [2.24, 2.45) is 0 Å². The van der Waals surface area contributed by atoms with E-state index < -0.39 is 0 Å². The van der Waals surface area contributed by atoms with Crippen molar-refractivity contribution in [3.63, 3.8) is 0 Å². The van der Waals surface area contributed by atoms with Crippen molar-refractivity contribution >= 4 is 16.5 Å². The van der Waals surface area contributed by atoms with E-state index in [1.807, 2.05) is 48.5 Å². The fourth-order valence-electron chi connectivity index (χ4n) is 2.10. The minimum atomic E-state index is 0.492. The third kappa shape index (κ3) is 3.20. The van der Waals surface area contributed by atoms with Gasteiger partial charge in [0, 0.05) is 6.20 Å². The van der Waals surface area contributed by atoms with Crippen LogP contribution in [0.5, 0.6) is 11.5 Å². The Labute approximate surface area is 133 Å². The van der Waals surface area contributed by atoms with Gasteiger partial charge >= 0.3 is 0 Å². The Morgan fingerprint density at radius 3 is 2.59 bits per heavy atom. The van der Waals surface area contributed by atoms with Crippen LogP contribution in [0.25, 0.3) is 10.4 Å². The maximum atomic E-state index is 5.91. The first-order chi connectivity index (χ1) is 10.8. The number of nitrogens with two attached hydrogens (primary N) is 1. The van der Waals surface area contributed by atoms with E-state index in [1.165, 1.54) is 11.3 Å². The van der Waals surface area contributed by atoms with Crippen molar-refractivity contribution in [3.8, 4) is 21.9 Å². The first kappa shape index (κ1) is 14.4. The fourth-order valence-corrected chi connectivity index (χ4v) is 2.78. The summed E-state index contributed by atoms with van der Waals surface area (Å²) in [6.07, 6.45) is 1.77. The van der Waals surface area contributed by atoms with Gasteiger partial charge in [0.1, 0.15) is 6.61 Å². The maximum Gasteiger partial charge on any atom is 0.180 e. The predicted molar refractivity (Wildman–Crippen MR) is 89.3 cm³/mol. The van der Waals surface area contributed by atoms with Gasteiger partial charge in [-0.25, -0.2) is 4.98 Å². The molecule has 2 aromatic carbocycles. The average Bonchev–Trinajstić information content (AvgIpc) is 3.00. The number of benzene rings is 2. The van der Waals surface area contributed by atoms with Gasteiger partial charge in [0.05, 0.1) is 12.0 Å². The molecule has 5 heteroatoms. The van der Waals surface area contributed by atoms with E-state index in [2.05, 4.69) is 4.98 Å². The van der Waals surface area contributed by atoms with Crippen LogP contribution in [0.4, 0.5) is 5.13 Å². The first-order valence-corrected chi connectivity index (χ1v) is 7.64. The third-order valence-corrected chi connectivity index (χ3v) is 4.08. The van der Waals surface area contributed by atoms with Gasteiger partial charge < -0.3 is 15.2 Å². The fraction of sp³-hybridized carbons (Fsp3) is 0.118. The Hall–Kier alpha value is -2.53. The smallest absolute Gasteiger partial charge is 0.180 e. The second-order valence-electron chi connectivity index (χ2n) is 4.70. The summed E-state index contributed by atoms with van der Waals surface area (Å²) in [6, 6.07) is 15.8. The molecule has 0 saturated carbocycles. The summed E-state index contributed by atoms with van der Waals surface area (Å²) in [4.78, 5) is 5.09. The van der Waals surface area contributed by atoms with Gasteiger partial charge in [0.2, 0.25) is 0 Å². The largest absolute Gasteiger partial charge is 0.493 e. The van der Waals surface area contributed by atoms with Crippen molar-refractivity contribution < 1.29 is 9.47 Å². The van der Waals surface area contributed by atoms with E-state index in [4.69, 9.17) is 15.2 Å². The SMILES string of the molecule is COc1ccc(-c2cnc(N)s2)cc1OCc1ccccc1. The molecule has 1 heterocycles. The van der Waals surface area contributed by atoms with Crippen LogP contribution in [0.15, 0.2) is 54.7 Å². The van der Waals surface area contributed by atoms with Gasteiger partial charge in [-0.1, -0.05) is 41.7 Å². The molecule has 0 atom stereocenters. The second-order valence-corrected chi connectivity index (χ2v) is 5.76. The normalized spacial score (nSPS) is 10.4. The number of nitrogens with zero attached hydrogens (tertiary/aromatic N) is 1.